The summed E-state index contributed by atoms with van der Waals surface area (Å²) in [6.07, 6.45) is 10.4. The molecular formula is C23H30N4O2. The average Bonchev–Trinajstić information content (AvgIpc) is 3.10. The zero-order valence-electron chi connectivity index (χ0n) is 17.4. The molecule has 2 aliphatic heterocycles. The van der Waals surface area contributed by atoms with E-state index in [1.165, 1.54) is 0 Å². The number of ether oxygens (including phenoxy) is 1. The highest BCUT2D eigenvalue weighted by atomic mass is 16.5. The van der Waals surface area contributed by atoms with Gasteiger partial charge in [0.15, 0.2) is 5.69 Å². The smallest absolute Gasteiger partial charge is 0.274 e. The molecule has 1 saturated heterocycles. The normalized spacial score (nSPS) is 22.9. The lowest BCUT2D eigenvalue weighted by Crippen LogP contribution is -2.44. The molecule has 1 fully saturated rings. The molecule has 0 saturated carbocycles. The van der Waals surface area contributed by atoms with Gasteiger partial charge in [-0.3, -0.25) is 9.69 Å². The molecule has 0 aromatic carbocycles. The third-order valence-corrected chi connectivity index (χ3v) is 6.03. The van der Waals surface area contributed by atoms with Gasteiger partial charge in [0, 0.05) is 37.9 Å². The van der Waals surface area contributed by atoms with Crippen molar-refractivity contribution in [2.24, 2.45) is 0 Å². The minimum Gasteiger partial charge on any atom is -0.378 e. The second kappa shape index (κ2) is 8.51. The first kappa shape index (κ1) is 19.9. The number of aromatic nitrogens is 2. The number of imidazole rings is 1. The minimum atomic E-state index is 0.00637. The van der Waals surface area contributed by atoms with Crippen LogP contribution in [0, 0.1) is 6.92 Å². The predicted octanol–water partition coefficient (Wildman–Crippen LogP) is 3.21. The second-order valence-corrected chi connectivity index (χ2v) is 7.95. The summed E-state index contributed by atoms with van der Waals surface area (Å²) in [5.41, 5.74) is 3.47. The number of carbonyl (C=O) groups is 1. The number of rotatable bonds is 5. The third-order valence-electron chi connectivity index (χ3n) is 6.03. The largest absolute Gasteiger partial charge is 0.378 e. The molecule has 0 bridgehead atoms. The fraction of sp³-hybridized carbons (Fsp3) is 0.478. The van der Waals surface area contributed by atoms with Crippen LogP contribution in [0.2, 0.25) is 0 Å². The summed E-state index contributed by atoms with van der Waals surface area (Å²) in [6, 6.07) is 4.75. The van der Waals surface area contributed by atoms with Gasteiger partial charge in [-0.15, -0.1) is 6.58 Å². The molecule has 0 N–H and O–H groups in total. The molecule has 4 rings (SSSR count). The van der Waals surface area contributed by atoms with Gasteiger partial charge in [0.05, 0.1) is 18.9 Å². The van der Waals surface area contributed by atoms with Gasteiger partial charge in [-0.05, 0) is 38.3 Å². The van der Waals surface area contributed by atoms with Crippen LogP contribution in [0.1, 0.15) is 41.5 Å². The Labute approximate surface area is 172 Å². The number of nitrogens with zero attached hydrogens (tertiary/aromatic N) is 4. The molecule has 1 amide bonds. The Morgan fingerprint density at radius 1 is 1.38 bits per heavy atom. The summed E-state index contributed by atoms with van der Waals surface area (Å²) >= 11 is 0. The highest BCUT2D eigenvalue weighted by Crippen LogP contribution is 2.26. The van der Waals surface area contributed by atoms with Gasteiger partial charge in [0.1, 0.15) is 5.65 Å². The van der Waals surface area contributed by atoms with Gasteiger partial charge in [0.2, 0.25) is 0 Å². The van der Waals surface area contributed by atoms with E-state index in [0.29, 0.717) is 50.6 Å². The van der Waals surface area contributed by atoms with E-state index < -0.39 is 0 Å². The zero-order valence-corrected chi connectivity index (χ0v) is 17.4. The van der Waals surface area contributed by atoms with Crippen LogP contribution in [0.5, 0.6) is 0 Å². The Hall–Kier alpha value is -2.44. The van der Waals surface area contributed by atoms with Crippen molar-refractivity contribution in [1.29, 1.82) is 0 Å². The van der Waals surface area contributed by atoms with Crippen LogP contribution in [0.15, 0.2) is 43.1 Å². The van der Waals surface area contributed by atoms with Crippen molar-refractivity contribution < 1.29 is 9.53 Å². The highest BCUT2D eigenvalue weighted by Gasteiger charge is 2.30. The highest BCUT2D eigenvalue weighted by molar-refractivity contribution is 5.94. The lowest BCUT2D eigenvalue weighted by atomic mass is 10.00. The van der Waals surface area contributed by atoms with E-state index in [1.807, 2.05) is 36.2 Å². The molecule has 2 aromatic heterocycles. The van der Waals surface area contributed by atoms with Gasteiger partial charge in [-0.1, -0.05) is 24.3 Å². The Bertz CT molecular complexity index is 926. The van der Waals surface area contributed by atoms with Crippen molar-refractivity contribution in [3.8, 4) is 0 Å². The van der Waals surface area contributed by atoms with Gasteiger partial charge in [-0.25, -0.2) is 4.98 Å². The van der Waals surface area contributed by atoms with E-state index >= 15 is 0 Å². The predicted molar refractivity (Wildman–Crippen MR) is 114 cm³/mol. The van der Waals surface area contributed by atoms with E-state index in [4.69, 9.17) is 9.72 Å². The number of fused-ring (bicyclic) bond motifs is 1. The molecule has 0 spiro atoms. The zero-order chi connectivity index (χ0) is 20.4. The summed E-state index contributed by atoms with van der Waals surface area (Å²) < 4.78 is 7.52. The van der Waals surface area contributed by atoms with Crippen LogP contribution in [0.3, 0.4) is 0 Å². The molecule has 154 valence electrons. The molecular weight excluding hydrogens is 364 g/mol. The summed E-state index contributed by atoms with van der Waals surface area (Å²) in [5.74, 6) is 0.00637. The van der Waals surface area contributed by atoms with E-state index in [0.717, 1.165) is 29.7 Å². The quantitative estimate of drug-likeness (QED) is 0.731. The first-order valence-corrected chi connectivity index (χ1v) is 10.5. The van der Waals surface area contributed by atoms with E-state index in [9.17, 15) is 4.79 Å². The third kappa shape index (κ3) is 3.87. The Morgan fingerprint density at radius 2 is 2.17 bits per heavy atom. The first-order chi connectivity index (χ1) is 14.1. The Morgan fingerprint density at radius 3 is 2.93 bits per heavy atom. The Balaban J connectivity index is 1.75. The maximum Gasteiger partial charge on any atom is 0.274 e. The molecule has 0 unspecified atom stereocenters. The molecule has 2 aliphatic rings. The molecule has 29 heavy (non-hydrogen) atoms. The van der Waals surface area contributed by atoms with Crippen molar-refractivity contribution in [2.45, 2.75) is 45.3 Å². The van der Waals surface area contributed by atoms with Crippen molar-refractivity contribution in [3.63, 3.8) is 0 Å². The fourth-order valence-electron chi connectivity index (χ4n) is 4.37. The number of aryl methyl sites for hydroxylation is 1. The number of pyridine rings is 1. The summed E-state index contributed by atoms with van der Waals surface area (Å²) in [7, 11) is 0. The van der Waals surface area contributed by atoms with Crippen LogP contribution in [-0.4, -0.2) is 63.5 Å². The van der Waals surface area contributed by atoms with Crippen molar-refractivity contribution >= 4 is 11.6 Å². The monoisotopic (exact) mass is 394 g/mol. The number of carbonyl (C=O) groups excluding carboxylic acids is 1. The van der Waals surface area contributed by atoms with Crippen LogP contribution >= 0.6 is 0 Å². The van der Waals surface area contributed by atoms with Crippen molar-refractivity contribution in [2.75, 3.05) is 26.3 Å². The summed E-state index contributed by atoms with van der Waals surface area (Å²) in [6.45, 7) is 11.3. The maximum absolute atomic E-state index is 13.4. The van der Waals surface area contributed by atoms with E-state index in [1.54, 1.807) is 0 Å². The van der Waals surface area contributed by atoms with Crippen LogP contribution in [0.4, 0.5) is 0 Å². The van der Waals surface area contributed by atoms with E-state index in [2.05, 4.69) is 35.0 Å². The molecule has 6 heteroatoms. The number of hydrogen-bond acceptors (Lipinski definition) is 4. The summed E-state index contributed by atoms with van der Waals surface area (Å²) in [5, 5.41) is 0. The topological polar surface area (TPSA) is 50.1 Å². The maximum atomic E-state index is 13.4. The SMILES string of the molecule is C=CC[C@@H]1CC=C[C@@H](C)N1Cc1c(C(=O)N2CCOCC2)nc2c(C)cccn12. The van der Waals surface area contributed by atoms with E-state index in [-0.39, 0.29) is 5.91 Å². The van der Waals surface area contributed by atoms with Crippen LogP contribution in [-0.2, 0) is 11.3 Å². The van der Waals surface area contributed by atoms with Crippen LogP contribution in [0.25, 0.3) is 5.65 Å². The molecule has 4 heterocycles. The standard InChI is InChI=1S/C23H30N4O2/c1-4-7-19-10-5-9-18(3)27(19)16-20-21(23(28)25-12-14-29-15-13-25)24-22-17(2)8-6-11-26(20)22/h4-6,8-9,11,18-19H,1,7,10,12-16H2,2-3H3/t18-,19-/m1/s1. The second-order valence-electron chi connectivity index (χ2n) is 7.95. The van der Waals surface area contributed by atoms with Crippen molar-refractivity contribution in [1.82, 2.24) is 19.2 Å². The lowest BCUT2D eigenvalue weighted by Gasteiger charge is -2.37. The Kier molecular flexibility index (Phi) is 5.83. The molecule has 2 aromatic rings. The molecule has 2 atom stereocenters. The molecule has 0 radical (unpaired) electrons. The molecule has 6 nitrogen and oxygen atoms in total. The average molecular weight is 395 g/mol. The number of amides is 1. The van der Waals surface area contributed by atoms with Gasteiger partial charge in [-0.2, -0.15) is 0 Å². The van der Waals surface area contributed by atoms with Gasteiger partial charge in [0.25, 0.3) is 5.91 Å². The minimum absolute atomic E-state index is 0.00637. The van der Waals surface area contributed by atoms with Gasteiger partial charge >= 0.3 is 0 Å². The van der Waals surface area contributed by atoms with Crippen LogP contribution < -0.4 is 0 Å². The van der Waals surface area contributed by atoms with Crippen molar-refractivity contribution in [3.05, 3.63) is 60.1 Å². The van der Waals surface area contributed by atoms with Gasteiger partial charge < -0.3 is 14.0 Å². The molecule has 0 aliphatic carbocycles. The first-order valence-electron chi connectivity index (χ1n) is 10.5. The lowest BCUT2D eigenvalue weighted by molar-refractivity contribution is 0.0297. The number of morpholine rings is 1. The summed E-state index contributed by atoms with van der Waals surface area (Å²) in [4.78, 5) is 22.5. The fourth-order valence-corrected chi connectivity index (χ4v) is 4.37. The number of hydrogen-bond donors (Lipinski definition) is 0.